The van der Waals surface area contributed by atoms with Gasteiger partial charge in [-0.1, -0.05) is 30.3 Å². The number of hydrogen-bond donors (Lipinski definition) is 1. The molecule has 2 aliphatic rings. The Labute approximate surface area is 164 Å². The second-order valence-corrected chi connectivity index (χ2v) is 7.41. The number of nitrogens with one attached hydrogen (secondary N) is 1. The van der Waals surface area contributed by atoms with Gasteiger partial charge in [0.2, 0.25) is 11.8 Å². The first kappa shape index (κ1) is 18.2. The van der Waals surface area contributed by atoms with Crippen molar-refractivity contribution in [3.63, 3.8) is 0 Å². The minimum atomic E-state index is -0.179. The van der Waals surface area contributed by atoms with Gasteiger partial charge >= 0.3 is 0 Å². The van der Waals surface area contributed by atoms with Crippen molar-refractivity contribution in [1.29, 1.82) is 0 Å². The van der Waals surface area contributed by atoms with E-state index in [2.05, 4.69) is 17.6 Å². The maximum Gasteiger partial charge on any atom is 0.253 e. The van der Waals surface area contributed by atoms with Gasteiger partial charge in [-0.25, -0.2) is 5.01 Å². The van der Waals surface area contributed by atoms with Crippen molar-refractivity contribution < 1.29 is 14.4 Å². The smallest absolute Gasteiger partial charge is 0.253 e. The molecule has 0 bridgehead atoms. The van der Waals surface area contributed by atoms with E-state index in [4.69, 9.17) is 0 Å². The summed E-state index contributed by atoms with van der Waals surface area (Å²) in [5, 5.41) is 1.26. The average Bonchev–Trinajstić information content (AvgIpc) is 3.18. The molecule has 6 nitrogen and oxygen atoms in total. The summed E-state index contributed by atoms with van der Waals surface area (Å²) in [5.74, 6) is 0.158. The van der Waals surface area contributed by atoms with Crippen LogP contribution >= 0.6 is 0 Å². The Balaban J connectivity index is 1.38. The molecule has 0 radical (unpaired) electrons. The van der Waals surface area contributed by atoms with E-state index in [1.54, 1.807) is 24.3 Å². The predicted molar refractivity (Wildman–Crippen MR) is 105 cm³/mol. The Morgan fingerprint density at radius 1 is 1.00 bits per heavy atom. The van der Waals surface area contributed by atoms with Crippen LogP contribution in [0.15, 0.2) is 54.6 Å². The summed E-state index contributed by atoms with van der Waals surface area (Å²) < 4.78 is 0. The van der Waals surface area contributed by atoms with Crippen molar-refractivity contribution in [2.75, 3.05) is 18.1 Å². The third-order valence-electron chi connectivity index (χ3n) is 5.36. The maximum absolute atomic E-state index is 12.8. The Hall–Kier alpha value is -3.15. The quantitative estimate of drug-likeness (QED) is 0.890. The van der Waals surface area contributed by atoms with Crippen molar-refractivity contribution in [3.8, 4) is 0 Å². The van der Waals surface area contributed by atoms with Crippen LogP contribution in [0.3, 0.4) is 0 Å². The van der Waals surface area contributed by atoms with Crippen molar-refractivity contribution in [1.82, 2.24) is 10.3 Å². The fourth-order valence-electron chi connectivity index (χ4n) is 3.85. The largest absolute Gasteiger partial charge is 0.338 e. The summed E-state index contributed by atoms with van der Waals surface area (Å²) in [4.78, 5) is 38.3. The third kappa shape index (κ3) is 3.91. The second-order valence-electron chi connectivity index (χ2n) is 7.41. The van der Waals surface area contributed by atoms with Crippen LogP contribution in [0.2, 0.25) is 0 Å². The molecule has 0 aromatic heterocycles. The standard InChI is InChI=1S/C22H23N3O3/c26-20-10-11-21(27)25(23-20)19-8-6-18(7-9-19)22(28)24-13-12-17(15-24)14-16-4-2-1-3-5-16/h1-9,17H,10-15H2,(H,23,26). The molecule has 0 aliphatic carbocycles. The monoisotopic (exact) mass is 377 g/mol. The second kappa shape index (κ2) is 7.84. The number of amides is 3. The van der Waals surface area contributed by atoms with Gasteiger partial charge in [0.15, 0.2) is 0 Å². The molecule has 4 rings (SSSR count). The van der Waals surface area contributed by atoms with E-state index in [9.17, 15) is 14.4 Å². The zero-order valence-corrected chi connectivity index (χ0v) is 15.6. The molecule has 2 aromatic rings. The Morgan fingerprint density at radius 2 is 1.75 bits per heavy atom. The Morgan fingerprint density at radius 3 is 2.50 bits per heavy atom. The highest BCUT2D eigenvalue weighted by atomic mass is 16.2. The molecule has 2 heterocycles. The molecule has 3 amide bonds. The van der Waals surface area contributed by atoms with Gasteiger partial charge in [-0.3, -0.25) is 19.8 Å². The van der Waals surface area contributed by atoms with Crippen LogP contribution in [0, 0.1) is 5.92 Å². The van der Waals surface area contributed by atoms with Crippen molar-refractivity contribution in [2.24, 2.45) is 5.92 Å². The lowest BCUT2D eigenvalue weighted by Gasteiger charge is -2.27. The van der Waals surface area contributed by atoms with Crippen LogP contribution in [0.5, 0.6) is 0 Å². The summed E-state index contributed by atoms with van der Waals surface area (Å²) in [6.07, 6.45) is 2.40. The van der Waals surface area contributed by atoms with Crippen molar-refractivity contribution >= 4 is 23.4 Å². The van der Waals surface area contributed by atoms with Crippen LogP contribution in [-0.2, 0) is 16.0 Å². The van der Waals surface area contributed by atoms with Gasteiger partial charge in [0, 0.05) is 31.5 Å². The molecule has 2 aromatic carbocycles. The summed E-state index contributed by atoms with van der Waals surface area (Å²) in [7, 11) is 0. The number of carbonyl (C=O) groups is 3. The van der Waals surface area contributed by atoms with E-state index in [0.717, 1.165) is 25.9 Å². The molecule has 144 valence electrons. The summed E-state index contributed by atoms with van der Waals surface area (Å²) in [6.45, 7) is 1.52. The molecule has 0 saturated carbocycles. The van der Waals surface area contributed by atoms with E-state index in [-0.39, 0.29) is 30.6 Å². The normalized spacial score (nSPS) is 19.6. The molecule has 28 heavy (non-hydrogen) atoms. The molecule has 0 spiro atoms. The molecular weight excluding hydrogens is 354 g/mol. The topological polar surface area (TPSA) is 69.7 Å². The summed E-state index contributed by atoms with van der Waals surface area (Å²) in [5.41, 5.74) is 5.03. The summed E-state index contributed by atoms with van der Waals surface area (Å²) in [6, 6.07) is 17.2. The zero-order chi connectivity index (χ0) is 19.5. The van der Waals surface area contributed by atoms with E-state index in [0.29, 0.717) is 17.2 Å². The lowest BCUT2D eigenvalue weighted by Crippen LogP contribution is -2.50. The lowest BCUT2D eigenvalue weighted by molar-refractivity contribution is -0.130. The van der Waals surface area contributed by atoms with E-state index in [1.807, 2.05) is 23.1 Å². The van der Waals surface area contributed by atoms with E-state index < -0.39 is 0 Å². The number of benzene rings is 2. The first-order valence-corrected chi connectivity index (χ1v) is 9.66. The molecular formula is C22H23N3O3. The van der Waals surface area contributed by atoms with Crippen LogP contribution in [0.4, 0.5) is 5.69 Å². The Kier molecular flexibility index (Phi) is 5.10. The number of hydrazine groups is 1. The van der Waals surface area contributed by atoms with E-state index >= 15 is 0 Å². The van der Waals surface area contributed by atoms with Gasteiger partial charge in [0.05, 0.1) is 5.69 Å². The van der Waals surface area contributed by atoms with Crippen LogP contribution < -0.4 is 10.4 Å². The first-order chi connectivity index (χ1) is 13.6. The van der Waals surface area contributed by atoms with Crippen molar-refractivity contribution in [3.05, 3.63) is 65.7 Å². The number of hydrogen-bond acceptors (Lipinski definition) is 3. The van der Waals surface area contributed by atoms with Crippen LogP contribution in [-0.4, -0.2) is 35.7 Å². The molecule has 2 saturated heterocycles. The van der Waals surface area contributed by atoms with Crippen LogP contribution in [0.25, 0.3) is 0 Å². The highest BCUT2D eigenvalue weighted by molar-refractivity contribution is 6.01. The maximum atomic E-state index is 12.8. The Bertz CT molecular complexity index is 880. The molecule has 2 aliphatic heterocycles. The number of carbonyl (C=O) groups excluding carboxylic acids is 3. The molecule has 6 heteroatoms. The van der Waals surface area contributed by atoms with Gasteiger partial charge in [0.25, 0.3) is 5.91 Å². The SMILES string of the molecule is O=C1CCC(=O)N(c2ccc(C(=O)N3CCC(Cc4ccccc4)C3)cc2)N1. The molecule has 1 N–H and O–H groups in total. The third-order valence-corrected chi connectivity index (χ3v) is 5.36. The first-order valence-electron chi connectivity index (χ1n) is 9.66. The summed E-state index contributed by atoms with van der Waals surface area (Å²) >= 11 is 0. The van der Waals surface area contributed by atoms with Crippen LogP contribution in [0.1, 0.15) is 35.2 Å². The fraction of sp³-hybridized carbons (Fsp3) is 0.318. The lowest BCUT2D eigenvalue weighted by atomic mass is 9.99. The van der Waals surface area contributed by atoms with Crippen molar-refractivity contribution in [2.45, 2.75) is 25.7 Å². The minimum absolute atomic E-state index is 0.0103. The predicted octanol–water partition coefficient (Wildman–Crippen LogP) is 2.55. The van der Waals surface area contributed by atoms with Gasteiger partial charge in [-0.05, 0) is 48.6 Å². The number of nitrogens with zero attached hydrogens (tertiary/aromatic N) is 2. The number of anilines is 1. The molecule has 1 unspecified atom stereocenters. The number of rotatable bonds is 4. The highest BCUT2D eigenvalue weighted by Gasteiger charge is 2.28. The van der Waals surface area contributed by atoms with Gasteiger partial charge in [0.1, 0.15) is 0 Å². The minimum Gasteiger partial charge on any atom is -0.338 e. The number of likely N-dealkylation sites (tertiary alicyclic amines) is 1. The molecule has 2 fully saturated rings. The van der Waals surface area contributed by atoms with E-state index in [1.165, 1.54) is 10.6 Å². The molecule has 1 atom stereocenters. The highest BCUT2D eigenvalue weighted by Crippen LogP contribution is 2.24. The van der Waals surface area contributed by atoms with Gasteiger partial charge in [-0.2, -0.15) is 0 Å². The fourth-order valence-corrected chi connectivity index (χ4v) is 3.85. The zero-order valence-electron chi connectivity index (χ0n) is 15.6. The average molecular weight is 377 g/mol. The van der Waals surface area contributed by atoms with Gasteiger partial charge in [-0.15, -0.1) is 0 Å². The van der Waals surface area contributed by atoms with Gasteiger partial charge < -0.3 is 4.90 Å².